The number of hydrogen-bond donors (Lipinski definition) is 2. The van der Waals surface area contributed by atoms with Crippen LogP contribution in [0.2, 0.25) is 0 Å². The summed E-state index contributed by atoms with van der Waals surface area (Å²) in [4.78, 5) is 20.8. The van der Waals surface area contributed by atoms with Crippen molar-refractivity contribution < 1.29 is 4.79 Å². The second-order valence-corrected chi connectivity index (χ2v) is 6.57. The molecule has 1 amide bonds. The Morgan fingerprint density at radius 1 is 1.32 bits per heavy atom. The maximum absolute atomic E-state index is 12.4. The third-order valence-corrected chi connectivity index (χ3v) is 4.53. The van der Waals surface area contributed by atoms with E-state index in [1.807, 2.05) is 6.07 Å². The molecule has 2 heterocycles. The molecular weight excluding hydrogens is 276 g/mol. The summed E-state index contributed by atoms with van der Waals surface area (Å²) >= 11 is 0. The average molecular weight is 298 g/mol. The fourth-order valence-corrected chi connectivity index (χ4v) is 3.02. The van der Waals surface area contributed by atoms with Crippen LogP contribution in [0.15, 0.2) is 30.6 Å². The molecule has 5 nitrogen and oxygen atoms in total. The van der Waals surface area contributed by atoms with Crippen LogP contribution in [0.5, 0.6) is 0 Å². The third kappa shape index (κ3) is 3.09. The Balaban J connectivity index is 1.68. The lowest BCUT2D eigenvalue weighted by molar-refractivity contribution is 0.0929. The molecule has 0 bridgehead atoms. The lowest BCUT2D eigenvalue weighted by Gasteiger charge is -2.39. The molecule has 2 N–H and O–H groups in total. The summed E-state index contributed by atoms with van der Waals surface area (Å²) < 4.78 is 0. The van der Waals surface area contributed by atoms with Crippen molar-refractivity contribution in [1.82, 2.24) is 20.6 Å². The predicted molar refractivity (Wildman–Crippen MR) is 86.7 cm³/mol. The Labute approximate surface area is 130 Å². The van der Waals surface area contributed by atoms with E-state index in [9.17, 15) is 4.79 Å². The summed E-state index contributed by atoms with van der Waals surface area (Å²) in [6.45, 7) is 6.17. The van der Waals surface area contributed by atoms with Crippen LogP contribution < -0.4 is 10.6 Å². The summed E-state index contributed by atoms with van der Waals surface area (Å²) in [7, 11) is 0. The fraction of sp³-hybridized carbons (Fsp3) is 0.471. The molecule has 1 fully saturated rings. The molecule has 0 radical (unpaired) electrons. The van der Waals surface area contributed by atoms with E-state index < -0.39 is 0 Å². The SMILES string of the molecule is CC1(C)CCCNC1CNC(=O)c1ccc2nccnc2c1. The van der Waals surface area contributed by atoms with Gasteiger partial charge in [-0.1, -0.05) is 13.8 Å². The standard InChI is InChI=1S/C17H22N4O/c1-17(2)6-3-7-20-15(17)11-21-16(22)12-4-5-13-14(10-12)19-9-8-18-13/h4-5,8-10,15,20H,3,6-7,11H2,1-2H3,(H,21,22). The summed E-state index contributed by atoms with van der Waals surface area (Å²) in [5.41, 5.74) is 2.38. The highest BCUT2D eigenvalue weighted by molar-refractivity contribution is 5.97. The molecule has 2 aromatic rings. The highest BCUT2D eigenvalue weighted by Gasteiger charge is 2.31. The van der Waals surface area contributed by atoms with Gasteiger partial charge < -0.3 is 10.6 Å². The lowest BCUT2D eigenvalue weighted by atomic mass is 9.77. The monoisotopic (exact) mass is 298 g/mol. The zero-order valence-electron chi connectivity index (χ0n) is 13.1. The molecule has 116 valence electrons. The minimum Gasteiger partial charge on any atom is -0.350 e. The van der Waals surface area contributed by atoms with Crippen molar-refractivity contribution in [2.45, 2.75) is 32.7 Å². The van der Waals surface area contributed by atoms with Gasteiger partial charge in [-0.2, -0.15) is 0 Å². The van der Waals surface area contributed by atoms with E-state index in [-0.39, 0.29) is 11.3 Å². The van der Waals surface area contributed by atoms with Crippen molar-refractivity contribution in [3.63, 3.8) is 0 Å². The summed E-state index contributed by atoms with van der Waals surface area (Å²) in [5, 5.41) is 6.55. The maximum Gasteiger partial charge on any atom is 0.251 e. The minimum atomic E-state index is -0.0595. The van der Waals surface area contributed by atoms with E-state index in [2.05, 4.69) is 34.4 Å². The van der Waals surface area contributed by atoms with Gasteiger partial charge in [0.25, 0.3) is 5.91 Å². The zero-order chi connectivity index (χ0) is 15.6. The van der Waals surface area contributed by atoms with Crippen molar-refractivity contribution in [3.8, 4) is 0 Å². The van der Waals surface area contributed by atoms with Crippen molar-refractivity contribution in [2.75, 3.05) is 13.1 Å². The Bertz CT molecular complexity index is 683. The largest absolute Gasteiger partial charge is 0.350 e. The molecule has 1 saturated heterocycles. The van der Waals surface area contributed by atoms with Crippen LogP contribution >= 0.6 is 0 Å². The molecule has 1 aromatic carbocycles. The van der Waals surface area contributed by atoms with Gasteiger partial charge in [-0.05, 0) is 43.0 Å². The first kappa shape index (κ1) is 14.9. The molecule has 22 heavy (non-hydrogen) atoms. The summed E-state index contributed by atoms with van der Waals surface area (Å²) in [6, 6.07) is 5.73. The first-order valence-corrected chi connectivity index (χ1v) is 7.79. The number of amides is 1. The molecule has 1 aliphatic rings. The first-order valence-electron chi connectivity index (χ1n) is 7.79. The van der Waals surface area contributed by atoms with Crippen molar-refractivity contribution >= 4 is 16.9 Å². The second-order valence-electron chi connectivity index (χ2n) is 6.57. The highest BCUT2D eigenvalue weighted by atomic mass is 16.1. The van der Waals surface area contributed by atoms with Crippen LogP contribution in [0.4, 0.5) is 0 Å². The van der Waals surface area contributed by atoms with Crippen molar-refractivity contribution in [2.24, 2.45) is 5.41 Å². The number of nitrogens with one attached hydrogen (secondary N) is 2. The van der Waals surface area contributed by atoms with E-state index in [0.29, 0.717) is 18.2 Å². The van der Waals surface area contributed by atoms with Crippen LogP contribution in [0, 0.1) is 5.41 Å². The van der Waals surface area contributed by atoms with Crippen molar-refractivity contribution in [3.05, 3.63) is 36.2 Å². The number of rotatable bonds is 3. The van der Waals surface area contributed by atoms with Crippen LogP contribution in [-0.4, -0.2) is 35.0 Å². The molecule has 1 aliphatic heterocycles. The number of aromatic nitrogens is 2. The second kappa shape index (κ2) is 6.01. The Morgan fingerprint density at radius 2 is 2.09 bits per heavy atom. The van der Waals surface area contributed by atoms with Gasteiger partial charge in [0.15, 0.2) is 0 Å². The molecule has 0 spiro atoms. The molecule has 1 aromatic heterocycles. The molecule has 5 heteroatoms. The topological polar surface area (TPSA) is 66.9 Å². The number of carbonyl (C=O) groups excluding carboxylic acids is 1. The molecule has 0 aliphatic carbocycles. The average Bonchev–Trinajstić information content (AvgIpc) is 2.52. The van der Waals surface area contributed by atoms with E-state index in [1.54, 1.807) is 24.5 Å². The van der Waals surface area contributed by atoms with E-state index in [4.69, 9.17) is 0 Å². The normalized spacial score (nSPS) is 20.7. The molecule has 1 unspecified atom stereocenters. The first-order chi connectivity index (χ1) is 10.6. The number of fused-ring (bicyclic) bond motifs is 1. The number of piperidine rings is 1. The smallest absolute Gasteiger partial charge is 0.251 e. The number of benzene rings is 1. The predicted octanol–water partition coefficient (Wildman–Crippen LogP) is 2.14. The maximum atomic E-state index is 12.4. The van der Waals surface area contributed by atoms with Gasteiger partial charge in [0.1, 0.15) is 0 Å². The van der Waals surface area contributed by atoms with Gasteiger partial charge in [0, 0.05) is 30.5 Å². The minimum absolute atomic E-state index is 0.0595. The molecular formula is C17H22N4O. The van der Waals surface area contributed by atoms with E-state index in [0.717, 1.165) is 17.6 Å². The number of hydrogen-bond acceptors (Lipinski definition) is 4. The lowest BCUT2D eigenvalue weighted by Crippen LogP contribution is -2.52. The van der Waals surface area contributed by atoms with Gasteiger partial charge in [-0.25, -0.2) is 0 Å². The van der Waals surface area contributed by atoms with Crippen LogP contribution in [0.1, 0.15) is 37.0 Å². The summed E-state index contributed by atoms with van der Waals surface area (Å²) in [5.74, 6) is -0.0595. The van der Waals surface area contributed by atoms with E-state index >= 15 is 0 Å². The highest BCUT2D eigenvalue weighted by Crippen LogP contribution is 2.29. The van der Waals surface area contributed by atoms with Crippen molar-refractivity contribution in [1.29, 1.82) is 0 Å². The summed E-state index contributed by atoms with van der Waals surface area (Å²) in [6.07, 6.45) is 5.67. The quantitative estimate of drug-likeness (QED) is 0.911. The molecule has 0 saturated carbocycles. The van der Waals surface area contributed by atoms with Gasteiger partial charge in [0.2, 0.25) is 0 Å². The van der Waals surface area contributed by atoms with Crippen LogP contribution in [-0.2, 0) is 0 Å². The zero-order valence-corrected chi connectivity index (χ0v) is 13.1. The number of nitrogens with zero attached hydrogens (tertiary/aromatic N) is 2. The Morgan fingerprint density at radius 3 is 2.86 bits per heavy atom. The van der Waals surface area contributed by atoms with Gasteiger partial charge in [-0.3, -0.25) is 14.8 Å². The van der Waals surface area contributed by atoms with Gasteiger partial charge in [-0.15, -0.1) is 0 Å². The van der Waals surface area contributed by atoms with Gasteiger partial charge in [0.05, 0.1) is 11.0 Å². The fourth-order valence-electron chi connectivity index (χ4n) is 3.02. The van der Waals surface area contributed by atoms with E-state index in [1.165, 1.54) is 12.8 Å². The number of carbonyl (C=O) groups is 1. The third-order valence-electron chi connectivity index (χ3n) is 4.53. The van der Waals surface area contributed by atoms with Crippen LogP contribution in [0.25, 0.3) is 11.0 Å². The Hall–Kier alpha value is -2.01. The van der Waals surface area contributed by atoms with Gasteiger partial charge >= 0.3 is 0 Å². The molecule has 1 atom stereocenters. The van der Waals surface area contributed by atoms with Crippen LogP contribution in [0.3, 0.4) is 0 Å². The molecule has 3 rings (SSSR count). The Kier molecular flexibility index (Phi) is 4.07.